The number of carbonyl (C=O) groups excluding carboxylic acids is 1. The zero-order chi connectivity index (χ0) is 17.9. The molecule has 7 heteroatoms. The Kier molecular flexibility index (Phi) is 5.56. The molecule has 0 unspecified atom stereocenters. The molecule has 0 fully saturated rings. The van der Waals surface area contributed by atoms with Crippen molar-refractivity contribution in [2.45, 2.75) is 38.6 Å². The van der Waals surface area contributed by atoms with Crippen LogP contribution in [0.1, 0.15) is 26.3 Å². The number of sulfonamides is 1. The summed E-state index contributed by atoms with van der Waals surface area (Å²) in [5, 5.41) is 3.29. The van der Waals surface area contributed by atoms with Gasteiger partial charge in [0, 0.05) is 24.2 Å². The number of pyridine rings is 1. The van der Waals surface area contributed by atoms with Gasteiger partial charge in [0.2, 0.25) is 15.9 Å². The number of hydrogen-bond donors (Lipinski definition) is 1. The van der Waals surface area contributed by atoms with Gasteiger partial charge in [-0.1, -0.05) is 13.0 Å². The number of rotatable bonds is 6. The van der Waals surface area contributed by atoms with Gasteiger partial charge in [0.1, 0.15) is 0 Å². The maximum atomic E-state index is 13.0. The topological polar surface area (TPSA) is 79.4 Å². The fourth-order valence-corrected chi connectivity index (χ4v) is 4.13. The van der Waals surface area contributed by atoms with Crippen molar-refractivity contribution in [3.05, 3.63) is 36.0 Å². The van der Waals surface area contributed by atoms with E-state index in [-0.39, 0.29) is 29.9 Å². The first-order valence-corrected chi connectivity index (χ1v) is 9.35. The van der Waals surface area contributed by atoms with E-state index in [1.807, 2.05) is 20.8 Å². The summed E-state index contributed by atoms with van der Waals surface area (Å²) in [7, 11) is -3.79. The maximum Gasteiger partial charge on any atom is 0.244 e. The molecule has 6 nitrogen and oxygen atoms in total. The molecular formula is C17H23N3O3S. The van der Waals surface area contributed by atoms with Crippen LogP contribution in [-0.2, 0) is 14.8 Å². The molecule has 0 saturated heterocycles. The van der Waals surface area contributed by atoms with Crippen LogP contribution in [0.15, 0.2) is 35.4 Å². The van der Waals surface area contributed by atoms with Crippen molar-refractivity contribution in [1.82, 2.24) is 14.6 Å². The third kappa shape index (κ3) is 3.73. The molecule has 0 spiro atoms. The minimum Gasteiger partial charge on any atom is -0.353 e. The van der Waals surface area contributed by atoms with Gasteiger partial charge < -0.3 is 5.32 Å². The predicted molar refractivity (Wildman–Crippen MR) is 94.2 cm³/mol. The second-order valence-electron chi connectivity index (χ2n) is 5.93. The molecule has 0 saturated carbocycles. The number of carbonyl (C=O) groups is 1. The van der Waals surface area contributed by atoms with E-state index in [1.165, 1.54) is 4.31 Å². The molecule has 1 aromatic carbocycles. The van der Waals surface area contributed by atoms with E-state index < -0.39 is 10.0 Å². The summed E-state index contributed by atoms with van der Waals surface area (Å²) in [5.41, 5.74) is 1.56. The van der Waals surface area contributed by atoms with Crippen LogP contribution in [0.4, 0.5) is 0 Å². The third-order valence-corrected chi connectivity index (χ3v) is 5.65. The van der Waals surface area contributed by atoms with Crippen molar-refractivity contribution in [1.29, 1.82) is 0 Å². The van der Waals surface area contributed by atoms with E-state index in [9.17, 15) is 13.2 Å². The lowest BCUT2D eigenvalue weighted by Crippen LogP contribution is -2.42. The second-order valence-corrected chi connectivity index (χ2v) is 7.84. The molecule has 130 valence electrons. The molecule has 2 aromatic rings. The molecule has 1 amide bonds. The number of nitrogens with zero attached hydrogens (tertiary/aromatic N) is 2. The van der Waals surface area contributed by atoms with Crippen LogP contribution in [0.2, 0.25) is 0 Å². The van der Waals surface area contributed by atoms with E-state index in [0.29, 0.717) is 10.9 Å². The summed E-state index contributed by atoms with van der Waals surface area (Å²) < 4.78 is 27.2. The van der Waals surface area contributed by atoms with E-state index in [4.69, 9.17) is 0 Å². The van der Waals surface area contributed by atoms with Crippen molar-refractivity contribution in [3.8, 4) is 0 Å². The summed E-state index contributed by atoms with van der Waals surface area (Å²) in [4.78, 5) is 16.4. The molecule has 1 aromatic heterocycles. The summed E-state index contributed by atoms with van der Waals surface area (Å²) >= 11 is 0. The van der Waals surface area contributed by atoms with Crippen LogP contribution in [-0.4, -0.2) is 42.7 Å². The van der Waals surface area contributed by atoms with Crippen LogP contribution in [0.25, 0.3) is 10.9 Å². The number of likely N-dealkylation sites (N-methyl/N-ethyl adjacent to an activating group) is 1. The van der Waals surface area contributed by atoms with Gasteiger partial charge in [-0.25, -0.2) is 8.42 Å². The number of amides is 1. The molecule has 1 heterocycles. The van der Waals surface area contributed by atoms with Crippen LogP contribution in [0.3, 0.4) is 0 Å². The van der Waals surface area contributed by atoms with Crippen LogP contribution in [0, 0.1) is 6.92 Å². The van der Waals surface area contributed by atoms with Gasteiger partial charge >= 0.3 is 0 Å². The van der Waals surface area contributed by atoms with Crippen molar-refractivity contribution < 1.29 is 13.2 Å². The normalized spacial score (nSPS) is 12.1. The lowest BCUT2D eigenvalue weighted by atomic mass is 10.1. The molecule has 0 aliphatic rings. The van der Waals surface area contributed by atoms with Gasteiger partial charge in [-0.2, -0.15) is 4.31 Å². The predicted octanol–water partition coefficient (Wildman–Crippen LogP) is 2.08. The number of fused-ring (bicyclic) bond motifs is 1. The molecule has 24 heavy (non-hydrogen) atoms. The molecule has 0 bridgehead atoms. The van der Waals surface area contributed by atoms with Crippen molar-refractivity contribution in [2.24, 2.45) is 0 Å². The highest BCUT2D eigenvalue weighted by molar-refractivity contribution is 7.89. The van der Waals surface area contributed by atoms with E-state index in [2.05, 4.69) is 10.3 Å². The monoisotopic (exact) mass is 349 g/mol. The second kappa shape index (κ2) is 7.27. The largest absolute Gasteiger partial charge is 0.353 e. The number of nitrogens with one attached hydrogen (secondary N) is 1. The minimum atomic E-state index is -3.79. The Bertz CT molecular complexity index is 847. The lowest BCUT2D eigenvalue weighted by molar-refractivity contribution is -0.121. The quantitative estimate of drug-likeness (QED) is 0.866. The Balaban J connectivity index is 2.45. The van der Waals surface area contributed by atoms with Crippen LogP contribution in [0.5, 0.6) is 0 Å². The number of benzene rings is 1. The first-order chi connectivity index (χ1) is 11.3. The standard InChI is InChI=1S/C17H23N3O3S/c1-5-20(11-16(21)19-12(2)3)24(22,23)15-9-8-13(4)17-14(15)7-6-10-18-17/h6-10,12H,5,11H2,1-4H3,(H,19,21). The highest BCUT2D eigenvalue weighted by Crippen LogP contribution is 2.26. The molecular weight excluding hydrogens is 326 g/mol. The smallest absolute Gasteiger partial charge is 0.244 e. The molecule has 2 rings (SSSR count). The zero-order valence-electron chi connectivity index (χ0n) is 14.4. The summed E-state index contributed by atoms with van der Waals surface area (Å²) in [6.45, 7) is 7.29. The third-order valence-electron chi connectivity index (χ3n) is 3.67. The van der Waals surface area contributed by atoms with Gasteiger partial charge in [0.15, 0.2) is 0 Å². The Hall–Kier alpha value is -1.99. The first-order valence-electron chi connectivity index (χ1n) is 7.91. The summed E-state index contributed by atoms with van der Waals surface area (Å²) in [5.74, 6) is -0.315. The maximum absolute atomic E-state index is 13.0. The average Bonchev–Trinajstić information content (AvgIpc) is 2.52. The lowest BCUT2D eigenvalue weighted by Gasteiger charge is -2.21. The Morgan fingerprint density at radius 3 is 2.62 bits per heavy atom. The summed E-state index contributed by atoms with van der Waals surface area (Å²) in [6, 6.07) is 6.73. The summed E-state index contributed by atoms with van der Waals surface area (Å²) in [6.07, 6.45) is 1.64. The van der Waals surface area contributed by atoms with Gasteiger partial charge in [-0.3, -0.25) is 9.78 Å². The molecule has 1 N–H and O–H groups in total. The minimum absolute atomic E-state index is 0.0386. The molecule has 0 aliphatic carbocycles. The highest BCUT2D eigenvalue weighted by Gasteiger charge is 2.27. The van der Waals surface area contributed by atoms with E-state index in [1.54, 1.807) is 37.4 Å². The number of hydrogen-bond acceptors (Lipinski definition) is 4. The van der Waals surface area contributed by atoms with Crippen LogP contribution >= 0.6 is 0 Å². The fourth-order valence-electron chi connectivity index (χ4n) is 2.55. The van der Waals surface area contributed by atoms with E-state index in [0.717, 1.165) is 5.56 Å². The number of aryl methyl sites for hydroxylation is 1. The SMILES string of the molecule is CCN(CC(=O)NC(C)C)S(=O)(=O)c1ccc(C)c2ncccc12. The van der Waals surface area contributed by atoms with Gasteiger partial charge in [0.25, 0.3) is 0 Å². The molecule has 0 radical (unpaired) electrons. The Morgan fingerprint density at radius 1 is 1.29 bits per heavy atom. The fraction of sp³-hybridized carbons (Fsp3) is 0.412. The Morgan fingerprint density at radius 2 is 2.00 bits per heavy atom. The molecule has 0 aliphatic heterocycles. The zero-order valence-corrected chi connectivity index (χ0v) is 15.2. The van der Waals surface area contributed by atoms with Crippen LogP contribution < -0.4 is 5.32 Å². The van der Waals surface area contributed by atoms with Crippen molar-refractivity contribution in [2.75, 3.05) is 13.1 Å². The van der Waals surface area contributed by atoms with Gasteiger partial charge in [-0.05, 0) is 44.5 Å². The van der Waals surface area contributed by atoms with Gasteiger partial charge in [0.05, 0.1) is 17.0 Å². The average molecular weight is 349 g/mol. The number of aromatic nitrogens is 1. The molecule has 0 atom stereocenters. The first kappa shape index (κ1) is 18.4. The van der Waals surface area contributed by atoms with Crippen molar-refractivity contribution >= 4 is 26.8 Å². The van der Waals surface area contributed by atoms with Gasteiger partial charge in [-0.15, -0.1) is 0 Å². The Labute approximate surface area is 142 Å². The van der Waals surface area contributed by atoms with Crippen molar-refractivity contribution in [3.63, 3.8) is 0 Å². The highest BCUT2D eigenvalue weighted by atomic mass is 32.2. The van der Waals surface area contributed by atoms with E-state index >= 15 is 0 Å².